The molecule has 0 aromatic heterocycles. The molecular weight excluding hydrogens is 311 g/mol. The lowest BCUT2D eigenvalue weighted by Gasteiger charge is -2.38. The van der Waals surface area contributed by atoms with Gasteiger partial charge >= 0.3 is 0 Å². The van der Waals surface area contributed by atoms with Crippen molar-refractivity contribution in [2.24, 2.45) is 5.73 Å². The minimum Gasteiger partial charge on any atom is -0.372 e. The van der Waals surface area contributed by atoms with Gasteiger partial charge < -0.3 is 10.5 Å². The molecule has 2 bridgehead atoms. The van der Waals surface area contributed by atoms with Gasteiger partial charge in [-0.05, 0) is 30.5 Å². The number of hydrogen-bond acceptors (Lipinski definition) is 3. The Balaban J connectivity index is 1.83. The van der Waals surface area contributed by atoms with Crippen molar-refractivity contribution in [3.8, 4) is 0 Å². The number of halogens is 2. The largest absolute Gasteiger partial charge is 0.372 e. The van der Waals surface area contributed by atoms with Crippen molar-refractivity contribution in [3.63, 3.8) is 0 Å². The van der Waals surface area contributed by atoms with Crippen molar-refractivity contribution in [1.29, 1.82) is 0 Å². The zero-order valence-corrected chi connectivity index (χ0v) is 12.3. The lowest BCUT2D eigenvalue weighted by Crippen LogP contribution is -2.46. The molecule has 3 rings (SSSR count). The Morgan fingerprint density at radius 2 is 2.05 bits per heavy atom. The van der Waals surface area contributed by atoms with Crippen molar-refractivity contribution in [2.45, 2.75) is 31.1 Å². The SMILES string of the molecule is NCC(c1ccc(F)cc1Br)N1CC2CCC(C1)O2. The van der Waals surface area contributed by atoms with Crippen LogP contribution in [-0.4, -0.2) is 36.7 Å². The molecule has 2 aliphatic heterocycles. The smallest absolute Gasteiger partial charge is 0.124 e. The molecule has 104 valence electrons. The molecule has 2 heterocycles. The highest BCUT2D eigenvalue weighted by Gasteiger charge is 2.36. The summed E-state index contributed by atoms with van der Waals surface area (Å²) in [6.07, 6.45) is 2.96. The average Bonchev–Trinajstić information content (AvgIpc) is 2.72. The monoisotopic (exact) mass is 328 g/mol. The van der Waals surface area contributed by atoms with Gasteiger partial charge in [0.25, 0.3) is 0 Å². The molecule has 1 aromatic rings. The average molecular weight is 329 g/mol. The molecule has 3 atom stereocenters. The Morgan fingerprint density at radius 1 is 1.37 bits per heavy atom. The number of fused-ring (bicyclic) bond motifs is 2. The summed E-state index contributed by atoms with van der Waals surface area (Å²) in [7, 11) is 0. The number of likely N-dealkylation sites (tertiary alicyclic amines) is 1. The maximum atomic E-state index is 13.2. The van der Waals surface area contributed by atoms with Gasteiger partial charge in [0.2, 0.25) is 0 Å². The fourth-order valence-electron chi connectivity index (χ4n) is 3.15. The minimum atomic E-state index is -0.228. The van der Waals surface area contributed by atoms with Gasteiger partial charge in [0.05, 0.1) is 12.2 Å². The number of nitrogens with zero attached hydrogens (tertiary/aromatic N) is 1. The van der Waals surface area contributed by atoms with E-state index in [1.54, 1.807) is 0 Å². The van der Waals surface area contributed by atoms with Crippen molar-refractivity contribution in [1.82, 2.24) is 4.90 Å². The van der Waals surface area contributed by atoms with E-state index in [1.807, 2.05) is 6.07 Å². The first-order valence-electron chi connectivity index (χ1n) is 6.72. The Labute approximate surface area is 121 Å². The van der Waals surface area contributed by atoms with Gasteiger partial charge in [0.15, 0.2) is 0 Å². The van der Waals surface area contributed by atoms with Crippen LogP contribution in [-0.2, 0) is 4.74 Å². The lowest BCUT2D eigenvalue weighted by molar-refractivity contribution is -0.0522. The summed E-state index contributed by atoms with van der Waals surface area (Å²) >= 11 is 3.45. The Kier molecular flexibility index (Phi) is 3.89. The van der Waals surface area contributed by atoms with Crippen molar-refractivity contribution >= 4 is 15.9 Å². The van der Waals surface area contributed by atoms with Gasteiger partial charge in [0.1, 0.15) is 5.82 Å². The molecule has 2 saturated heterocycles. The van der Waals surface area contributed by atoms with Crippen LogP contribution >= 0.6 is 15.9 Å². The molecular formula is C14H18BrFN2O. The van der Waals surface area contributed by atoms with Crippen LogP contribution in [0.5, 0.6) is 0 Å². The maximum absolute atomic E-state index is 13.2. The normalized spacial score (nSPS) is 28.6. The number of rotatable bonds is 3. The zero-order chi connectivity index (χ0) is 13.4. The summed E-state index contributed by atoms with van der Waals surface area (Å²) in [5.41, 5.74) is 7.02. The Hall–Kier alpha value is -0.490. The number of ether oxygens (including phenoxy) is 1. The van der Waals surface area contributed by atoms with Crippen LogP contribution in [0.4, 0.5) is 4.39 Å². The van der Waals surface area contributed by atoms with Crippen LogP contribution in [0.1, 0.15) is 24.4 Å². The minimum absolute atomic E-state index is 0.127. The molecule has 5 heteroatoms. The first kappa shape index (κ1) is 13.5. The third kappa shape index (κ3) is 2.70. The summed E-state index contributed by atoms with van der Waals surface area (Å²) in [5.74, 6) is -0.228. The third-order valence-corrected chi connectivity index (χ3v) is 4.74. The second kappa shape index (κ2) is 5.48. The Bertz CT molecular complexity index is 459. The fourth-order valence-corrected chi connectivity index (χ4v) is 3.76. The molecule has 2 N–H and O–H groups in total. The van der Waals surface area contributed by atoms with E-state index in [-0.39, 0.29) is 11.9 Å². The molecule has 0 aliphatic carbocycles. The molecule has 1 aromatic carbocycles. The van der Waals surface area contributed by atoms with Gasteiger partial charge in [-0.15, -0.1) is 0 Å². The quantitative estimate of drug-likeness (QED) is 0.926. The molecule has 0 radical (unpaired) electrons. The topological polar surface area (TPSA) is 38.5 Å². The first-order valence-corrected chi connectivity index (χ1v) is 7.51. The van der Waals surface area contributed by atoms with E-state index >= 15 is 0 Å². The van der Waals surface area contributed by atoms with Crippen molar-refractivity contribution in [2.75, 3.05) is 19.6 Å². The molecule has 19 heavy (non-hydrogen) atoms. The number of hydrogen-bond donors (Lipinski definition) is 1. The molecule has 2 aliphatic rings. The van der Waals surface area contributed by atoms with Crippen molar-refractivity contribution in [3.05, 3.63) is 34.1 Å². The second-order valence-electron chi connectivity index (χ2n) is 5.33. The van der Waals surface area contributed by atoms with Crippen LogP contribution in [0.3, 0.4) is 0 Å². The van der Waals surface area contributed by atoms with Crippen LogP contribution in [0.15, 0.2) is 22.7 Å². The van der Waals surface area contributed by atoms with Crippen LogP contribution in [0.2, 0.25) is 0 Å². The van der Waals surface area contributed by atoms with Gasteiger partial charge in [-0.2, -0.15) is 0 Å². The fraction of sp³-hybridized carbons (Fsp3) is 0.571. The summed E-state index contributed by atoms with van der Waals surface area (Å²) in [4.78, 5) is 2.38. The van der Waals surface area contributed by atoms with Gasteiger partial charge in [0, 0.05) is 30.1 Å². The van der Waals surface area contributed by atoms with E-state index in [0.29, 0.717) is 18.8 Å². The molecule has 3 unspecified atom stereocenters. The van der Waals surface area contributed by atoms with Crippen molar-refractivity contribution < 1.29 is 9.13 Å². The summed E-state index contributed by atoms with van der Waals surface area (Å²) in [5, 5.41) is 0. The maximum Gasteiger partial charge on any atom is 0.124 e. The number of nitrogens with two attached hydrogens (primary N) is 1. The predicted octanol–water partition coefficient (Wildman–Crippen LogP) is 2.45. The number of morpholine rings is 1. The molecule has 0 amide bonds. The van der Waals surface area contributed by atoms with E-state index in [1.165, 1.54) is 12.1 Å². The molecule has 2 fully saturated rings. The van der Waals surface area contributed by atoms with Gasteiger partial charge in [-0.3, -0.25) is 4.90 Å². The summed E-state index contributed by atoms with van der Waals surface area (Å²) in [6.45, 7) is 2.37. The molecule has 0 spiro atoms. The van der Waals surface area contributed by atoms with Gasteiger partial charge in [-0.25, -0.2) is 4.39 Å². The third-order valence-electron chi connectivity index (χ3n) is 4.06. The van der Waals surface area contributed by atoms with E-state index < -0.39 is 0 Å². The van der Waals surface area contributed by atoms with Crippen LogP contribution in [0.25, 0.3) is 0 Å². The zero-order valence-electron chi connectivity index (χ0n) is 10.7. The molecule has 0 saturated carbocycles. The highest BCUT2D eigenvalue weighted by Crippen LogP contribution is 2.34. The van der Waals surface area contributed by atoms with Gasteiger partial charge in [-0.1, -0.05) is 22.0 Å². The lowest BCUT2D eigenvalue weighted by atomic mass is 10.0. The Morgan fingerprint density at radius 3 is 2.63 bits per heavy atom. The van der Waals surface area contributed by atoms with Crippen LogP contribution in [0, 0.1) is 5.82 Å². The van der Waals surface area contributed by atoms with E-state index in [4.69, 9.17) is 10.5 Å². The predicted molar refractivity (Wildman–Crippen MR) is 75.4 cm³/mol. The highest BCUT2D eigenvalue weighted by molar-refractivity contribution is 9.10. The van der Waals surface area contributed by atoms with E-state index in [0.717, 1.165) is 36.0 Å². The second-order valence-corrected chi connectivity index (χ2v) is 6.18. The number of benzene rings is 1. The van der Waals surface area contributed by atoms with E-state index in [9.17, 15) is 4.39 Å². The van der Waals surface area contributed by atoms with Crippen LogP contribution < -0.4 is 5.73 Å². The summed E-state index contributed by atoms with van der Waals surface area (Å²) < 4.78 is 19.8. The summed E-state index contributed by atoms with van der Waals surface area (Å²) in [6, 6.07) is 4.96. The molecule has 3 nitrogen and oxygen atoms in total. The highest BCUT2D eigenvalue weighted by atomic mass is 79.9. The first-order chi connectivity index (χ1) is 9.17. The van der Waals surface area contributed by atoms with E-state index in [2.05, 4.69) is 20.8 Å². The standard InChI is InChI=1S/C14H18BrFN2O/c15-13-5-9(16)1-4-12(13)14(6-17)18-7-10-2-3-11(8-18)19-10/h1,4-5,10-11,14H,2-3,6-8,17H2.